The summed E-state index contributed by atoms with van der Waals surface area (Å²) in [6.45, 7) is 7.65. The Morgan fingerprint density at radius 1 is 1.20 bits per heavy atom. The summed E-state index contributed by atoms with van der Waals surface area (Å²) in [6, 6.07) is 0. The molecule has 25 heavy (non-hydrogen) atoms. The van der Waals surface area contributed by atoms with Gasteiger partial charge in [-0.3, -0.25) is 0 Å². The monoisotopic (exact) mass is 365 g/mol. The van der Waals surface area contributed by atoms with Gasteiger partial charge in [-0.15, -0.1) is 0 Å². The van der Waals surface area contributed by atoms with E-state index in [0.717, 1.165) is 30.1 Å². The fourth-order valence-corrected chi connectivity index (χ4v) is 3.90. The highest BCUT2D eigenvalue weighted by Gasteiger charge is 2.32. The SMILES string of the molecule is CC(/C=C/C1=C(S(N)(=O)=O)CCCC1(C)C)=C\C=C\C(C)=C\C(=O)O. The second kappa shape index (κ2) is 8.45. The quantitative estimate of drug-likeness (QED) is 0.552. The molecule has 0 amide bonds. The first kappa shape index (κ1) is 21.1. The molecule has 0 aliphatic heterocycles. The number of hydrogen-bond donors (Lipinski definition) is 2. The van der Waals surface area contributed by atoms with Crippen molar-refractivity contribution in [2.24, 2.45) is 10.6 Å². The van der Waals surface area contributed by atoms with Gasteiger partial charge in [0, 0.05) is 6.08 Å². The molecule has 0 saturated carbocycles. The van der Waals surface area contributed by atoms with Crippen molar-refractivity contribution in [3.63, 3.8) is 0 Å². The number of carbonyl (C=O) groups is 1. The van der Waals surface area contributed by atoms with Gasteiger partial charge in [-0.05, 0) is 49.7 Å². The molecule has 0 unspecified atom stereocenters. The second-order valence-electron chi connectivity index (χ2n) is 6.95. The van der Waals surface area contributed by atoms with E-state index < -0.39 is 16.0 Å². The highest BCUT2D eigenvalue weighted by molar-refractivity contribution is 7.93. The van der Waals surface area contributed by atoms with Gasteiger partial charge < -0.3 is 5.11 Å². The molecule has 6 heteroatoms. The minimum absolute atomic E-state index is 0.243. The van der Waals surface area contributed by atoms with Crippen LogP contribution in [0.1, 0.15) is 47.0 Å². The van der Waals surface area contributed by atoms with Gasteiger partial charge in [0.15, 0.2) is 0 Å². The molecule has 0 bridgehead atoms. The third-order valence-corrected chi connectivity index (χ3v) is 5.27. The summed E-state index contributed by atoms with van der Waals surface area (Å²) in [6.07, 6.45) is 12.3. The molecular weight excluding hydrogens is 338 g/mol. The van der Waals surface area contributed by atoms with Crippen molar-refractivity contribution < 1.29 is 18.3 Å². The second-order valence-corrected chi connectivity index (χ2v) is 8.53. The van der Waals surface area contributed by atoms with E-state index in [1.807, 2.05) is 39.0 Å². The third kappa shape index (κ3) is 6.84. The van der Waals surface area contributed by atoms with Gasteiger partial charge in [0.05, 0.1) is 4.91 Å². The summed E-state index contributed by atoms with van der Waals surface area (Å²) in [5, 5.41) is 14.0. The minimum atomic E-state index is -3.70. The summed E-state index contributed by atoms with van der Waals surface area (Å²) < 4.78 is 23.7. The van der Waals surface area contributed by atoms with Gasteiger partial charge in [-0.25, -0.2) is 18.4 Å². The molecule has 0 saturated heterocycles. The van der Waals surface area contributed by atoms with Gasteiger partial charge in [0.1, 0.15) is 0 Å². The largest absolute Gasteiger partial charge is 0.478 e. The maximum Gasteiger partial charge on any atom is 0.328 e. The molecule has 0 spiro atoms. The standard InChI is InChI=1S/C19H27NO4S/c1-14(7-5-8-15(2)13-18(21)22)10-11-16-17(25(20,23)24)9-6-12-19(16,3)4/h5,7-8,10-11,13H,6,9,12H2,1-4H3,(H,21,22)(H2,20,23,24)/b8-5+,11-10+,14-7+,15-13+. The maximum absolute atomic E-state index is 11.9. The van der Waals surface area contributed by atoms with Crippen LogP contribution < -0.4 is 5.14 Å². The van der Waals surface area contributed by atoms with Crippen LogP contribution in [-0.2, 0) is 14.8 Å². The van der Waals surface area contributed by atoms with Gasteiger partial charge in [-0.2, -0.15) is 0 Å². The average molecular weight is 365 g/mol. The average Bonchev–Trinajstić information content (AvgIpc) is 2.43. The molecule has 0 radical (unpaired) electrons. The van der Waals surface area contributed by atoms with Crippen molar-refractivity contribution in [3.05, 3.63) is 58.1 Å². The molecule has 0 heterocycles. The number of carboxylic acid groups (broad SMARTS) is 1. The summed E-state index contributed by atoms with van der Waals surface area (Å²) in [5.74, 6) is -0.982. The molecule has 138 valence electrons. The molecule has 3 N–H and O–H groups in total. The highest BCUT2D eigenvalue weighted by atomic mass is 32.2. The third-order valence-electron chi connectivity index (χ3n) is 4.16. The van der Waals surface area contributed by atoms with Crippen LogP contribution in [-0.4, -0.2) is 19.5 Å². The Balaban J connectivity index is 3.08. The van der Waals surface area contributed by atoms with Crippen molar-refractivity contribution in [3.8, 4) is 0 Å². The van der Waals surface area contributed by atoms with E-state index in [1.54, 1.807) is 19.1 Å². The van der Waals surface area contributed by atoms with Crippen LogP contribution in [0, 0.1) is 5.41 Å². The number of carboxylic acids is 1. The minimum Gasteiger partial charge on any atom is -0.478 e. The number of hydrogen-bond acceptors (Lipinski definition) is 3. The number of sulfonamides is 1. The van der Waals surface area contributed by atoms with Gasteiger partial charge in [0.2, 0.25) is 10.0 Å². The van der Waals surface area contributed by atoms with Crippen LogP contribution >= 0.6 is 0 Å². The first-order valence-corrected chi connectivity index (χ1v) is 9.69. The van der Waals surface area contributed by atoms with Crippen LogP contribution in [0.25, 0.3) is 0 Å². The molecule has 0 atom stereocenters. The Bertz CT molecular complexity index is 778. The fraction of sp³-hybridized carbons (Fsp3) is 0.421. The molecule has 1 rings (SSSR count). The predicted molar refractivity (Wildman–Crippen MR) is 101 cm³/mol. The van der Waals surface area contributed by atoms with Crippen molar-refractivity contribution in [1.29, 1.82) is 0 Å². The number of rotatable bonds is 6. The molecule has 0 fully saturated rings. The number of aliphatic carboxylic acids is 1. The lowest BCUT2D eigenvalue weighted by Crippen LogP contribution is -2.26. The molecule has 1 aliphatic carbocycles. The van der Waals surface area contributed by atoms with Gasteiger partial charge in [0.25, 0.3) is 0 Å². The topological polar surface area (TPSA) is 97.5 Å². The maximum atomic E-state index is 11.9. The van der Waals surface area contributed by atoms with Crippen LogP contribution in [0.5, 0.6) is 0 Å². The van der Waals surface area contributed by atoms with E-state index in [2.05, 4.69) is 0 Å². The zero-order chi connectivity index (χ0) is 19.3. The molecule has 0 aromatic rings. The lowest BCUT2D eigenvalue weighted by Gasteiger charge is -2.33. The van der Waals surface area contributed by atoms with E-state index in [9.17, 15) is 13.2 Å². The summed E-state index contributed by atoms with van der Waals surface area (Å²) >= 11 is 0. The Morgan fingerprint density at radius 3 is 2.40 bits per heavy atom. The number of nitrogens with two attached hydrogens (primary N) is 1. The molecule has 5 nitrogen and oxygen atoms in total. The first-order chi connectivity index (χ1) is 11.4. The molecule has 0 aromatic carbocycles. The predicted octanol–water partition coefficient (Wildman–Crippen LogP) is 3.83. The zero-order valence-corrected chi connectivity index (χ0v) is 16.1. The van der Waals surface area contributed by atoms with Crippen LogP contribution in [0.4, 0.5) is 0 Å². The fourth-order valence-electron chi connectivity index (χ4n) is 2.82. The van der Waals surface area contributed by atoms with E-state index in [0.29, 0.717) is 16.9 Å². The Kier molecular flexibility index (Phi) is 7.14. The van der Waals surface area contributed by atoms with Crippen molar-refractivity contribution in [1.82, 2.24) is 0 Å². The normalized spacial score (nSPS) is 19.9. The van der Waals surface area contributed by atoms with E-state index in [1.165, 1.54) is 0 Å². The summed E-state index contributed by atoms with van der Waals surface area (Å²) in [4.78, 5) is 10.9. The summed E-state index contributed by atoms with van der Waals surface area (Å²) in [7, 11) is -3.70. The number of primary sulfonamides is 1. The lowest BCUT2D eigenvalue weighted by atomic mass is 9.75. The number of allylic oxidation sites excluding steroid dienone is 9. The van der Waals surface area contributed by atoms with Gasteiger partial charge in [-0.1, -0.05) is 49.8 Å². The van der Waals surface area contributed by atoms with Gasteiger partial charge >= 0.3 is 5.97 Å². The van der Waals surface area contributed by atoms with Crippen LogP contribution in [0.3, 0.4) is 0 Å². The van der Waals surface area contributed by atoms with Crippen molar-refractivity contribution in [2.45, 2.75) is 47.0 Å². The lowest BCUT2D eigenvalue weighted by molar-refractivity contribution is -0.131. The smallest absolute Gasteiger partial charge is 0.328 e. The van der Waals surface area contributed by atoms with Crippen molar-refractivity contribution in [2.75, 3.05) is 0 Å². The zero-order valence-electron chi connectivity index (χ0n) is 15.2. The summed E-state index contributed by atoms with van der Waals surface area (Å²) in [5.41, 5.74) is 2.07. The van der Waals surface area contributed by atoms with E-state index >= 15 is 0 Å². The molecule has 0 aromatic heterocycles. The first-order valence-electron chi connectivity index (χ1n) is 8.14. The van der Waals surface area contributed by atoms with E-state index in [-0.39, 0.29) is 5.41 Å². The van der Waals surface area contributed by atoms with E-state index in [4.69, 9.17) is 10.2 Å². The molecule has 1 aliphatic rings. The highest BCUT2D eigenvalue weighted by Crippen LogP contribution is 2.42. The Hall–Kier alpha value is -1.92. The Morgan fingerprint density at radius 2 is 1.84 bits per heavy atom. The molecular formula is C19H27NO4S. The Labute approximate surface area is 150 Å². The van der Waals surface area contributed by atoms with Crippen LogP contribution in [0.15, 0.2) is 58.1 Å². The van der Waals surface area contributed by atoms with Crippen LogP contribution in [0.2, 0.25) is 0 Å². The van der Waals surface area contributed by atoms with Crippen molar-refractivity contribution >= 4 is 16.0 Å².